The SMILES string of the molecule is CC(C)(C)c1ccc(OCC(=O)NN=Cc2ccn(CC(F)(F)F)n2)cc1. The molecule has 2 rings (SSSR count). The predicted octanol–water partition coefficient (Wildman–Crippen LogP) is 3.27. The maximum absolute atomic E-state index is 12.2. The summed E-state index contributed by atoms with van der Waals surface area (Å²) in [5.74, 6) is 0.0499. The second-order valence-electron chi connectivity index (χ2n) is 6.91. The first-order valence-electron chi connectivity index (χ1n) is 8.18. The Labute approximate surface area is 155 Å². The summed E-state index contributed by atoms with van der Waals surface area (Å²) < 4.78 is 42.9. The van der Waals surface area contributed by atoms with Crippen LogP contribution in [0.3, 0.4) is 0 Å². The second kappa shape index (κ2) is 8.24. The molecule has 1 aromatic carbocycles. The molecule has 2 aromatic rings. The molecule has 1 heterocycles. The van der Waals surface area contributed by atoms with Crippen LogP contribution in [0.1, 0.15) is 32.0 Å². The number of nitrogens with one attached hydrogen (secondary N) is 1. The molecule has 1 N–H and O–H groups in total. The summed E-state index contributed by atoms with van der Waals surface area (Å²) in [6.07, 6.45) is -2.01. The Bertz CT molecular complexity index is 790. The molecule has 1 amide bonds. The highest BCUT2D eigenvalue weighted by molar-refractivity contribution is 5.81. The van der Waals surface area contributed by atoms with Gasteiger partial charge in [-0.25, -0.2) is 5.43 Å². The molecule has 146 valence electrons. The molecule has 0 spiro atoms. The van der Waals surface area contributed by atoms with E-state index in [-0.39, 0.29) is 17.7 Å². The number of nitrogens with zero attached hydrogens (tertiary/aromatic N) is 3. The number of benzene rings is 1. The van der Waals surface area contributed by atoms with Gasteiger partial charge in [0.15, 0.2) is 6.61 Å². The standard InChI is InChI=1S/C18H21F3N4O2/c1-17(2,3)13-4-6-15(7-5-13)27-11-16(26)23-22-10-14-8-9-25(24-14)12-18(19,20)21/h4-10H,11-12H2,1-3H3,(H,23,26). The summed E-state index contributed by atoms with van der Waals surface area (Å²) in [5, 5.41) is 7.33. The van der Waals surface area contributed by atoms with Gasteiger partial charge in [-0.05, 0) is 29.2 Å². The average molecular weight is 382 g/mol. The Morgan fingerprint density at radius 1 is 1.22 bits per heavy atom. The predicted molar refractivity (Wildman–Crippen MR) is 94.7 cm³/mol. The normalized spacial score (nSPS) is 12.4. The molecule has 0 unspecified atom stereocenters. The van der Waals surface area contributed by atoms with Crippen LogP contribution in [-0.4, -0.2) is 34.7 Å². The maximum Gasteiger partial charge on any atom is 0.408 e. The molecule has 9 heteroatoms. The minimum absolute atomic E-state index is 0.0255. The van der Waals surface area contributed by atoms with Crippen LogP contribution in [0.5, 0.6) is 5.75 Å². The quantitative estimate of drug-likeness (QED) is 0.616. The monoisotopic (exact) mass is 382 g/mol. The summed E-state index contributed by atoms with van der Waals surface area (Å²) in [4.78, 5) is 11.7. The lowest BCUT2D eigenvalue weighted by Crippen LogP contribution is -2.24. The molecule has 1 aromatic heterocycles. The number of halogens is 3. The third-order valence-electron chi connectivity index (χ3n) is 3.48. The molecule has 0 aliphatic heterocycles. The van der Waals surface area contributed by atoms with Gasteiger partial charge in [0.05, 0.1) is 6.21 Å². The highest BCUT2D eigenvalue weighted by Crippen LogP contribution is 2.24. The summed E-state index contributed by atoms with van der Waals surface area (Å²) in [6, 6.07) is 8.79. The van der Waals surface area contributed by atoms with Crippen molar-refractivity contribution in [2.45, 2.75) is 38.9 Å². The van der Waals surface area contributed by atoms with Gasteiger partial charge < -0.3 is 4.74 Å². The van der Waals surface area contributed by atoms with E-state index >= 15 is 0 Å². The third-order valence-corrected chi connectivity index (χ3v) is 3.48. The van der Waals surface area contributed by atoms with Crippen LogP contribution in [0.4, 0.5) is 13.2 Å². The van der Waals surface area contributed by atoms with Crippen molar-refractivity contribution in [2.75, 3.05) is 6.61 Å². The van der Waals surface area contributed by atoms with Gasteiger partial charge in [0.1, 0.15) is 18.0 Å². The molecule has 27 heavy (non-hydrogen) atoms. The van der Waals surface area contributed by atoms with Crippen molar-refractivity contribution >= 4 is 12.1 Å². The fourth-order valence-corrected chi connectivity index (χ4v) is 2.12. The van der Waals surface area contributed by atoms with Gasteiger partial charge in [0.25, 0.3) is 5.91 Å². The first-order valence-corrected chi connectivity index (χ1v) is 8.18. The lowest BCUT2D eigenvalue weighted by molar-refractivity contribution is -0.142. The van der Waals surface area contributed by atoms with Crippen molar-refractivity contribution in [3.63, 3.8) is 0 Å². The summed E-state index contributed by atoms with van der Waals surface area (Å²) in [7, 11) is 0. The number of ether oxygens (including phenoxy) is 1. The van der Waals surface area contributed by atoms with E-state index < -0.39 is 18.6 Å². The van der Waals surface area contributed by atoms with Crippen LogP contribution in [0.2, 0.25) is 0 Å². The maximum atomic E-state index is 12.2. The second-order valence-corrected chi connectivity index (χ2v) is 6.91. The van der Waals surface area contributed by atoms with Crippen molar-refractivity contribution < 1.29 is 22.7 Å². The molecule has 0 radical (unpaired) electrons. The molecular weight excluding hydrogens is 361 g/mol. The Hall–Kier alpha value is -2.84. The molecule has 0 saturated heterocycles. The van der Waals surface area contributed by atoms with Crippen LogP contribution in [0.15, 0.2) is 41.6 Å². The van der Waals surface area contributed by atoms with Gasteiger partial charge in [-0.3, -0.25) is 9.48 Å². The number of amides is 1. The molecule has 0 aliphatic rings. The number of carbonyl (C=O) groups is 1. The first kappa shape index (κ1) is 20.5. The third kappa shape index (κ3) is 7.12. The van der Waals surface area contributed by atoms with Gasteiger partial charge in [-0.2, -0.15) is 23.4 Å². The van der Waals surface area contributed by atoms with E-state index in [2.05, 4.69) is 36.4 Å². The lowest BCUT2D eigenvalue weighted by Gasteiger charge is -2.19. The highest BCUT2D eigenvalue weighted by Gasteiger charge is 2.28. The van der Waals surface area contributed by atoms with E-state index in [0.717, 1.165) is 16.5 Å². The summed E-state index contributed by atoms with van der Waals surface area (Å²) in [5.41, 5.74) is 3.59. The Morgan fingerprint density at radius 3 is 2.48 bits per heavy atom. The number of hydrogen-bond donors (Lipinski definition) is 1. The molecule has 6 nitrogen and oxygen atoms in total. The molecular formula is C18H21F3N4O2. The van der Waals surface area contributed by atoms with Gasteiger partial charge >= 0.3 is 6.18 Å². The molecule has 0 saturated carbocycles. The van der Waals surface area contributed by atoms with Gasteiger partial charge in [-0.15, -0.1) is 0 Å². The topological polar surface area (TPSA) is 68.5 Å². The minimum atomic E-state index is -4.35. The van der Waals surface area contributed by atoms with Crippen LogP contribution in [-0.2, 0) is 16.8 Å². The van der Waals surface area contributed by atoms with Crippen LogP contribution in [0, 0.1) is 0 Å². The number of alkyl halides is 3. The van der Waals surface area contributed by atoms with E-state index in [1.165, 1.54) is 12.3 Å². The smallest absolute Gasteiger partial charge is 0.408 e. The average Bonchev–Trinajstić information content (AvgIpc) is 2.98. The van der Waals surface area contributed by atoms with Crippen molar-refractivity contribution in [3.05, 3.63) is 47.8 Å². The Morgan fingerprint density at radius 2 is 1.89 bits per heavy atom. The van der Waals surface area contributed by atoms with E-state index in [4.69, 9.17) is 4.74 Å². The number of carbonyl (C=O) groups excluding carboxylic acids is 1. The van der Waals surface area contributed by atoms with Crippen LogP contribution >= 0.6 is 0 Å². The van der Waals surface area contributed by atoms with Crippen LogP contribution < -0.4 is 10.2 Å². The van der Waals surface area contributed by atoms with Gasteiger partial charge in [-0.1, -0.05) is 32.9 Å². The zero-order valence-electron chi connectivity index (χ0n) is 15.2. The first-order chi connectivity index (χ1) is 12.5. The minimum Gasteiger partial charge on any atom is -0.484 e. The molecule has 0 atom stereocenters. The Balaban J connectivity index is 1.78. The van der Waals surface area contributed by atoms with Crippen LogP contribution in [0.25, 0.3) is 0 Å². The number of hydrogen-bond acceptors (Lipinski definition) is 4. The van der Waals surface area contributed by atoms with Crippen molar-refractivity contribution in [3.8, 4) is 5.75 Å². The molecule has 0 fully saturated rings. The fraction of sp³-hybridized carbons (Fsp3) is 0.389. The van der Waals surface area contributed by atoms with E-state index in [1.807, 2.05) is 12.1 Å². The fourth-order valence-electron chi connectivity index (χ4n) is 2.12. The van der Waals surface area contributed by atoms with Gasteiger partial charge in [0, 0.05) is 6.20 Å². The zero-order chi connectivity index (χ0) is 20.1. The van der Waals surface area contributed by atoms with Crippen molar-refractivity contribution in [2.24, 2.45) is 5.10 Å². The molecule has 0 aliphatic carbocycles. The number of aromatic nitrogens is 2. The zero-order valence-corrected chi connectivity index (χ0v) is 15.2. The largest absolute Gasteiger partial charge is 0.484 e. The number of rotatable bonds is 6. The lowest BCUT2D eigenvalue weighted by atomic mass is 9.87. The van der Waals surface area contributed by atoms with E-state index in [0.29, 0.717) is 5.75 Å². The number of hydrazone groups is 1. The van der Waals surface area contributed by atoms with E-state index in [9.17, 15) is 18.0 Å². The summed E-state index contributed by atoms with van der Waals surface area (Å²) >= 11 is 0. The van der Waals surface area contributed by atoms with Crippen molar-refractivity contribution in [1.29, 1.82) is 0 Å². The van der Waals surface area contributed by atoms with Crippen molar-refractivity contribution in [1.82, 2.24) is 15.2 Å². The van der Waals surface area contributed by atoms with E-state index in [1.54, 1.807) is 12.1 Å². The summed E-state index contributed by atoms with van der Waals surface area (Å²) in [6.45, 7) is 4.87. The highest BCUT2D eigenvalue weighted by atomic mass is 19.4. The Kier molecular flexibility index (Phi) is 6.24. The van der Waals surface area contributed by atoms with Gasteiger partial charge in [0.2, 0.25) is 0 Å². The molecule has 0 bridgehead atoms.